The molecule has 1 aliphatic rings. The van der Waals surface area contributed by atoms with Crippen molar-refractivity contribution in [3.63, 3.8) is 0 Å². The summed E-state index contributed by atoms with van der Waals surface area (Å²) in [4.78, 5) is 7.02. The summed E-state index contributed by atoms with van der Waals surface area (Å²) in [7, 11) is 0. The van der Waals surface area contributed by atoms with Crippen LogP contribution in [0.2, 0.25) is 0 Å². The molecule has 108 valence electrons. The van der Waals surface area contributed by atoms with Crippen LogP contribution in [-0.2, 0) is 0 Å². The van der Waals surface area contributed by atoms with Crippen LogP contribution in [0.25, 0.3) is 10.9 Å². The summed E-state index contributed by atoms with van der Waals surface area (Å²) in [5.74, 6) is 2.40. The predicted molar refractivity (Wildman–Crippen MR) is 86.2 cm³/mol. The third kappa shape index (κ3) is 2.71. The van der Waals surface area contributed by atoms with Crippen molar-refractivity contribution in [2.45, 2.75) is 26.7 Å². The minimum Gasteiger partial charge on any atom is -0.355 e. The van der Waals surface area contributed by atoms with Gasteiger partial charge in [0.1, 0.15) is 11.9 Å². The highest BCUT2D eigenvalue weighted by Gasteiger charge is 2.24. The van der Waals surface area contributed by atoms with Crippen LogP contribution in [0.15, 0.2) is 30.3 Å². The van der Waals surface area contributed by atoms with E-state index in [9.17, 15) is 5.26 Å². The van der Waals surface area contributed by atoms with E-state index in [2.05, 4.69) is 24.8 Å². The minimum absolute atomic E-state index is 0.691. The summed E-state index contributed by atoms with van der Waals surface area (Å²) in [6, 6.07) is 12.3. The summed E-state index contributed by atoms with van der Waals surface area (Å²) in [5, 5.41) is 10.5. The third-order valence-corrected chi connectivity index (χ3v) is 4.61. The summed E-state index contributed by atoms with van der Waals surface area (Å²) in [6.45, 7) is 6.61. The molecule has 2 aromatic rings. The van der Waals surface area contributed by atoms with E-state index < -0.39 is 0 Å². The molecule has 2 heterocycles. The van der Waals surface area contributed by atoms with E-state index in [1.807, 2.05) is 30.3 Å². The van der Waals surface area contributed by atoms with Crippen molar-refractivity contribution < 1.29 is 0 Å². The predicted octanol–water partition coefficient (Wildman–Crippen LogP) is 3.98. The van der Waals surface area contributed by atoms with Crippen LogP contribution in [0, 0.1) is 23.2 Å². The van der Waals surface area contributed by atoms with E-state index in [-0.39, 0.29) is 0 Å². The molecule has 0 bridgehead atoms. The molecule has 3 nitrogen and oxygen atoms in total. The van der Waals surface area contributed by atoms with Crippen LogP contribution in [0.5, 0.6) is 0 Å². The minimum atomic E-state index is 0.691. The molecule has 0 saturated carbocycles. The first-order valence-electron chi connectivity index (χ1n) is 7.74. The number of fused-ring (bicyclic) bond motifs is 1. The lowest BCUT2D eigenvalue weighted by atomic mass is 9.86. The quantitative estimate of drug-likeness (QED) is 0.834. The molecule has 1 saturated heterocycles. The van der Waals surface area contributed by atoms with Gasteiger partial charge in [-0.15, -0.1) is 0 Å². The Bertz CT molecular complexity index is 676. The summed E-state index contributed by atoms with van der Waals surface area (Å²) < 4.78 is 0. The highest BCUT2D eigenvalue weighted by Crippen LogP contribution is 2.30. The highest BCUT2D eigenvalue weighted by atomic mass is 15.2. The summed E-state index contributed by atoms with van der Waals surface area (Å²) in [6.07, 6.45) is 2.38. The Morgan fingerprint density at radius 1 is 1.24 bits per heavy atom. The average molecular weight is 279 g/mol. The van der Waals surface area contributed by atoms with Gasteiger partial charge in [0.2, 0.25) is 0 Å². The number of nitriles is 1. The first-order valence-corrected chi connectivity index (χ1v) is 7.74. The van der Waals surface area contributed by atoms with Gasteiger partial charge in [0.05, 0.1) is 11.1 Å². The van der Waals surface area contributed by atoms with Crippen molar-refractivity contribution in [2.75, 3.05) is 18.0 Å². The molecule has 21 heavy (non-hydrogen) atoms. The lowest BCUT2D eigenvalue weighted by molar-refractivity contribution is 0.311. The van der Waals surface area contributed by atoms with Crippen molar-refractivity contribution in [3.8, 4) is 6.07 Å². The van der Waals surface area contributed by atoms with Crippen LogP contribution in [0.3, 0.4) is 0 Å². The van der Waals surface area contributed by atoms with Gasteiger partial charge in [-0.2, -0.15) is 5.26 Å². The molecule has 0 N–H and O–H groups in total. The maximum absolute atomic E-state index is 9.43. The second-order valence-corrected chi connectivity index (χ2v) is 6.23. The number of anilines is 1. The SMILES string of the molecule is CC(C)C1CCN(c2nc3ccccc3cc2C#N)CC1. The Labute approximate surface area is 126 Å². The van der Waals surface area contributed by atoms with Gasteiger partial charge in [-0.05, 0) is 36.8 Å². The number of aromatic nitrogens is 1. The Kier molecular flexibility index (Phi) is 3.79. The van der Waals surface area contributed by atoms with Crippen LogP contribution < -0.4 is 4.90 Å². The average Bonchev–Trinajstić information content (AvgIpc) is 2.53. The molecular weight excluding hydrogens is 258 g/mol. The second kappa shape index (κ2) is 5.73. The monoisotopic (exact) mass is 279 g/mol. The van der Waals surface area contributed by atoms with Gasteiger partial charge in [-0.1, -0.05) is 32.0 Å². The maximum atomic E-state index is 9.43. The normalized spacial score (nSPS) is 16.4. The fourth-order valence-corrected chi connectivity index (χ4v) is 3.21. The van der Waals surface area contributed by atoms with E-state index in [1.54, 1.807) is 0 Å². The van der Waals surface area contributed by atoms with Gasteiger partial charge >= 0.3 is 0 Å². The van der Waals surface area contributed by atoms with E-state index in [4.69, 9.17) is 4.98 Å². The van der Waals surface area contributed by atoms with Gasteiger partial charge in [0, 0.05) is 18.5 Å². The summed E-state index contributed by atoms with van der Waals surface area (Å²) >= 11 is 0. The Hall–Kier alpha value is -2.08. The molecule has 1 aliphatic heterocycles. The maximum Gasteiger partial charge on any atom is 0.147 e. The molecule has 1 aromatic heterocycles. The number of pyridine rings is 1. The molecule has 0 amide bonds. The topological polar surface area (TPSA) is 39.9 Å². The highest BCUT2D eigenvalue weighted by molar-refractivity contribution is 5.83. The van der Waals surface area contributed by atoms with Crippen LogP contribution in [0.1, 0.15) is 32.3 Å². The van der Waals surface area contributed by atoms with Crippen LogP contribution in [-0.4, -0.2) is 18.1 Å². The fraction of sp³-hybridized carbons (Fsp3) is 0.444. The van der Waals surface area contributed by atoms with E-state index in [0.717, 1.165) is 41.6 Å². The van der Waals surface area contributed by atoms with Crippen LogP contribution in [0.4, 0.5) is 5.82 Å². The lowest BCUT2D eigenvalue weighted by Gasteiger charge is -2.35. The van der Waals surface area contributed by atoms with Crippen LogP contribution >= 0.6 is 0 Å². The van der Waals surface area contributed by atoms with Gasteiger partial charge in [-0.3, -0.25) is 0 Å². The number of benzene rings is 1. The zero-order valence-corrected chi connectivity index (χ0v) is 12.7. The number of para-hydroxylation sites is 1. The first-order chi connectivity index (χ1) is 10.2. The number of hydrogen-bond acceptors (Lipinski definition) is 3. The number of nitrogens with zero attached hydrogens (tertiary/aromatic N) is 3. The first kappa shape index (κ1) is 13.9. The molecule has 0 aliphatic carbocycles. The van der Waals surface area contributed by atoms with E-state index in [0.29, 0.717) is 5.56 Å². The summed E-state index contributed by atoms with van der Waals surface area (Å²) in [5.41, 5.74) is 1.66. The number of hydrogen-bond donors (Lipinski definition) is 0. The van der Waals surface area contributed by atoms with Gasteiger partial charge < -0.3 is 4.90 Å². The largest absolute Gasteiger partial charge is 0.355 e. The molecule has 0 spiro atoms. The Morgan fingerprint density at radius 3 is 2.62 bits per heavy atom. The molecule has 0 radical (unpaired) electrons. The zero-order valence-electron chi connectivity index (χ0n) is 12.7. The van der Waals surface area contributed by atoms with Gasteiger partial charge in [0.15, 0.2) is 0 Å². The van der Waals surface area contributed by atoms with Gasteiger partial charge in [-0.25, -0.2) is 4.98 Å². The van der Waals surface area contributed by atoms with Gasteiger partial charge in [0.25, 0.3) is 0 Å². The van der Waals surface area contributed by atoms with Crippen molar-refractivity contribution in [2.24, 2.45) is 11.8 Å². The van der Waals surface area contributed by atoms with Crippen molar-refractivity contribution in [1.29, 1.82) is 5.26 Å². The van der Waals surface area contributed by atoms with Crippen molar-refractivity contribution in [1.82, 2.24) is 4.98 Å². The molecule has 1 fully saturated rings. The molecule has 3 heteroatoms. The molecule has 3 rings (SSSR count). The number of piperidine rings is 1. The van der Waals surface area contributed by atoms with E-state index >= 15 is 0 Å². The molecule has 0 unspecified atom stereocenters. The number of rotatable bonds is 2. The van der Waals surface area contributed by atoms with Crippen molar-refractivity contribution >= 4 is 16.7 Å². The zero-order chi connectivity index (χ0) is 14.8. The fourth-order valence-electron chi connectivity index (χ4n) is 3.21. The molecular formula is C18H21N3. The third-order valence-electron chi connectivity index (χ3n) is 4.61. The molecule has 1 aromatic carbocycles. The molecule has 0 atom stereocenters. The lowest BCUT2D eigenvalue weighted by Crippen LogP contribution is -2.36. The second-order valence-electron chi connectivity index (χ2n) is 6.23. The van der Waals surface area contributed by atoms with E-state index in [1.165, 1.54) is 12.8 Å². The van der Waals surface area contributed by atoms with Crippen molar-refractivity contribution in [3.05, 3.63) is 35.9 Å². The Balaban J connectivity index is 1.92. The smallest absolute Gasteiger partial charge is 0.147 e. The Morgan fingerprint density at radius 2 is 1.95 bits per heavy atom. The standard InChI is InChI=1S/C18H21N3/c1-13(2)14-7-9-21(10-8-14)18-16(12-19)11-15-5-3-4-6-17(15)20-18/h3-6,11,13-14H,7-10H2,1-2H3.